The molecule has 1 fully saturated rings. The van der Waals surface area contributed by atoms with E-state index in [1.165, 1.54) is 24.0 Å². The summed E-state index contributed by atoms with van der Waals surface area (Å²) in [4.78, 5) is 13.3. The third-order valence-electron chi connectivity index (χ3n) is 3.27. The van der Waals surface area contributed by atoms with Gasteiger partial charge in [-0.05, 0) is 36.0 Å². The first kappa shape index (κ1) is 8.04. The average molecular weight is 187 g/mol. The summed E-state index contributed by atoms with van der Waals surface area (Å²) in [6.45, 7) is 0. The highest BCUT2D eigenvalue weighted by Crippen LogP contribution is 2.45. The Hall–Kier alpha value is -1.31. The molecular formula is C12H13NO. The first-order chi connectivity index (χ1) is 6.77. The molecule has 1 amide bonds. The van der Waals surface area contributed by atoms with Crippen molar-refractivity contribution in [2.24, 2.45) is 0 Å². The molecule has 1 aromatic carbocycles. The molecule has 1 aliphatic carbocycles. The van der Waals surface area contributed by atoms with Gasteiger partial charge in [0.05, 0.1) is 6.42 Å². The second-order valence-electron chi connectivity index (χ2n) is 4.25. The predicted molar refractivity (Wildman–Crippen MR) is 55.5 cm³/mol. The smallest absolute Gasteiger partial charge is 0.231 e. The molecule has 0 aromatic heterocycles. The van der Waals surface area contributed by atoms with E-state index >= 15 is 0 Å². The SMILES string of the molecule is CN1C(=O)Cc2c(C3CC3)cccc21. The van der Waals surface area contributed by atoms with Crippen molar-refractivity contribution in [3.05, 3.63) is 29.3 Å². The molecule has 14 heavy (non-hydrogen) atoms. The number of nitrogens with zero attached hydrogens (tertiary/aromatic N) is 1. The Morgan fingerprint density at radius 1 is 1.36 bits per heavy atom. The standard InChI is InChI=1S/C12H13NO/c1-13-11-4-2-3-9(8-5-6-8)10(11)7-12(13)14/h2-4,8H,5-7H2,1H3. The van der Waals surface area contributed by atoms with E-state index < -0.39 is 0 Å². The van der Waals surface area contributed by atoms with E-state index in [1.807, 2.05) is 13.1 Å². The molecule has 0 spiro atoms. The van der Waals surface area contributed by atoms with Crippen molar-refractivity contribution in [3.8, 4) is 0 Å². The van der Waals surface area contributed by atoms with Crippen molar-refractivity contribution in [1.29, 1.82) is 0 Å². The van der Waals surface area contributed by atoms with Crippen molar-refractivity contribution >= 4 is 11.6 Å². The number of likely N-dealkylation sites (N-methyl/N-ethyl adjacent to an activating group) is 1. The maximum absolute atomic E-state index is 11.6. The Kier molecular flexibility index (Phi) is 1.49. The van der Waals surface area contributed by atoms with Crippen LogP contribution >= 0.6 is 0 Å². The van der Waals surface area contributed by atoms with Gasteiger partial charge in [0.15, 0.2) is 0 Å². The van der Waals surface area contributed by atoms with Gasteiger partial charge in [0.25, 0.3) is 0 Å². The Morgan fingerprint density at radius 3 is 2.86 bits per heavy atom. The summed E-state index contributed by atoms with van der Waals surface area (Å²) >= 11 is 0. The van der Waals surface area contributed by atoms with Crippen molar-refractivity contribution in [2.45, 2.75) is 25.2 Å². The second kappa shape index (κ2) is 2.59. The molecule has 0 unspecified atom stereocenters. The summed E-state index contributed by atoms with van der Waals surface area (Å²) in [6.07, 6.45) is 3.21. The van der Waals surface area contributed by atoms with Crippen LogP contribution in [0.1, 0.15) is 29.9 Å². The van der Waals surface area contributed by atoms with Gasteiger partial charge in [-0.3, -0.25) is 4.79 Å². The maximum Gasteiger partial charge on any atom is 0.231 e. The number of fused-ring (bicyclic) bond motifs is 1. The number of hydrogen-bond acceptors (Lipinski definition) is 1. The first-order valence-corrected chi connectivity index (χ1v) is 5.15. The summed E-state index contributed by atoms with van der Waals surface area (Å²) in [6, 6.07) is 6.30. The lowest BCUT2D eigenvalue weighted by Gasteiger charge is -2.10. The van der Waals surface area contributed by atoms with Gasteiger partial charge in [-0.15, -0.1) is 0 Å². The molecule has 1 aromatic rings. The van der Waals surface area contributed by atoms with E-state index in [9.17, 15) is 4.79 Å². The van der Waals surface area contributed by atoms with Gasteiger partial charge < -0.3 is 4.90 Å². The average Bonchev–Trinajstić information content (AvgIpc) is 2.96. The number of anilines is 1. The zero-order chi connectivity index (χ0) is 9.71. The fourth-order valence-corrected chi connectivity index (χ4v) is 2.28. The second-order valence-corrected chi connectivity index (χ2v) is 4.25. The summed E-state index contributed by atoms with van der Waals surface area (Å²) < 4.78 is 0. The maximum atomic E-state index is 11.6. The first-order valence-electron chi connectivity index (χ1n) is 5.15. The minimum Gasteiger partial charge on any atom is -0.315 e. The lowest BCUT2D eigenvalue weighted by molar-refractivity contribution is -0.117. The van der Waals surface area contributed by atoms with Crippen LogP contribution in [0.4, 0.5) is 5.69 Å². The highest BCUT2D eigenvalue weighted by Gasteiger charge is 2.32. The van der Waals surface area contributed by atoms with E-state index in [2.05, 4.69) is 12.1 Å². The van der Waals surface area contributed by atoms with Gasteiger partial charge in [-0.1, -0.05) is 12.1 Å². The van der Waals surface area contributed by atoms with Gasteiger partial charge in [-0.25, -0.2) is 0 Å². The van der Waals surface area contributed by atoms with Crippen molar-refractivity contribution in [2.75, 3.05) is 11.9 Å². The fourth-order valence-electron chi connectivity index (χ4n) is 2.28. The lowest BCUT2D eigenvalue weighted by atomic mass is 10.0. The molecule has 2 aliphatic rings. The Morgan fingerprint density at radius 2 is 2.14 bits per heavy atom. The zero-order valence-electron chi connectivity index (χ0n) is 8.29. The number of carbonyl (C=O) groups is 1. The van der Waals surface area contributed by atoms with Gasteiger partial charge in [0.1, 0.15) is 0 Å². The molecule has 2 heteroatoms. The highest BCUT2D eigenvalue weighted by atomic mass is 16.2. The lowest BCUT2D eigenvalue weighted by Crippen LogP contribution is -2.20. The van der Waals surface area contributed by atoms with Crippen LogP contribution in [0.3, 0.4) is 0 Å². The summed E-state index contributed by atoms with van der Waals surface area (Å²) in [5.74, 6) is 0.970. The molecule has 1 aliphatic heterocycles. The highest BCUT2D eigenvalue weighted by molar-refractivity contribution is 6.01. The molecule has 72 valence electrons. The largest absolute Gasteiger partial charge is 0.315 e. The summed E-state index contributed by atoms with van der Waals surface area (Å²) in [5, 5.41) is 0. The number of hydrogen-bond donors (Lipinski definition) is 0. The number of rotatable bonds is 1. The normalized spacial score (nSPS) is 20.1. The molecule has 0 bridgehead atoms. The quantitative estimate of drug-likeness (QED) is 0.659. The molecule has 2 nitrogen and oxygen atoms in total. The molecule has 0 N–H and O–H groups in total. The van der Waals surface area contributed by atoms with E-state index in [0.717, 1.165) is 11.6 Å². The van der Waals surface area contributed by atoms with Crippen LogP contribution < -0.4 is 4.90 Å². The monoisotopic (exact) mass is 187 g/mol. The van der Waals surface area contributed by atoms with E-state index in [4.69, 9.17) is 0 Å². The van der Waals surface area contributed by atoms with Crippen LogP contribution in [0.5, 0.6) is 0 Å². The Labute approximate surface area is 83.5 Å². The van der Waals surface area contributed by atoms with Crippen LogP contribution in [-0.4, -0.2) is 13.0 Å². The van der Waals surface area contributed by atoms with E-state index in [1.54, 1.807) is 4.90 Å². The van der Waals surface area contributed by atoms with E-state index in [0.29, 0.717) is 6.42 Å². The summed E-state index contributed by atoms with van der Waals surface area (Å²) in [5.41, 5.74) is 3.82. The molecule has 0 radical (unpaired) electrons. The third-order valence-corrected chi connectivity index (χ3v) is 3.27. The molecule has 0 atom stereocenters. The van der Waals surface area contributed by atoms with Gasteiger partial charge in [0, 0.05) is 12.7 Å². The Bertz CT molecular complexity index is 407. The molecule has 0 saturated heterocycles. The van der Waals surface area contributed by atoms with Crippen LogP contribution in [0.25, 0.3) is 0 Å². The Balaban J connectivity index is 2.14. The van der Waals surface area contributed by atoms with Crippen LogP contribution in [0.2, 0.25) is 0 Å². The molecule has 1 saturated carbocycles. The van der Waals surface area contributed by atoms with Crippen molar-refractivity contribution in [3.63, 3.8) is 0 Å². The number of amides is 1. The van der Waals surface area contributed by atoms with Gasteiger partial charge in [-0.2, -0.15) is 0 Å². The van der Waals surface area contributed by atoms with Crippen LogP contribution in [0, 0.1) is 0 Å². The molecule has 3 rings (SSSR count). The zero-order valence-corrected chi connectivity index (χ0v) is 8.29. The van der Waals surface area contributed by atoms with Crippen molar-refractivity contribution in [1.82, 2.24) is 0 Å². The third kappa shape index (κ3) is 0.999. The van der Waals surface area contributed by atoms with Crippen molar-refractivity contribution < 1.29 is 4.79 Å². The summed E-state index contributed by atoms with van der Waals surface area (Å²) in [7, 11) is 1.87. The topological polar surface area (TPSA) is 20.3 Å². The predicted octanol–water partition coefficient (Wildman–Crippen LogP) is 2.08. The van der Waals surface area contributed by atoms with Crippen LogP contribution in [0.15, 0.2) is 18.2 Å². The van der Waals surface area contributed by atoms with Crippen LogP contribution in [-0.2, 0) is 11.2 Å². The van der Waals surface area contributed by atoms with Gasteiger partial charge in [0.2, 0.25) is 5.91 Å². The molecule has 1 heterocycles. The van der Waals surface area contributed by atoms with Gasteiger partial charge >= 0.3 is 0 Å². The van der Waals surface area contributed by atoms with E-state index in [-0.39, 0.29) is 5.91 Å². The minimum atomic E-state index is 0.230. The minimum absolute atomic E-state index is 0.230. The fraction of sp³-hybridized carbons (Fsp3) is 0.417. The molecular weight excluding hydrogens is 174 g/mol. The number of carbonyl (C=O) groups excluding carboxylic acids is 1. The number of benzene rings is 1.